The van der Waals surface area contributed by atoms with E-state index in [0.29, 0.717) is 17.9 Å². The first-order chi connectivity index (χ1) is 15.1. The molecular formula is C25H19FN4O. The molecule has 152 valence electrons. The van der Waals surface area contributed by atoms with Crippen molar-refractivity contribution in [3.05, 3.63) is 77.9 Å². The molecule has 0 amide bonds. The Kier molecular flexibility index (Phi) is 3.77. The predicted molar refractivity (Wildman–Crippen MR) is 118 cm³/mol. The maximum Gasteiger partial charge on any atom is 0.137 e. The molecule has 2 N–H and O–H groups in total. The minimum atomic E-state index is -0.281. The summed E-state index contributed by atoms with van der Waals surface area (Å²) in [5, 5.41) is 2.07. The number of hydrogen-bond acceptors (Lipinski definition) is 3. The molecule has 0 bridgehead atoms. The summed E-state index contributed by atoms with van der Waals surface area (Å²) in [6.07, 6.45) is 1.65. The Labute approximate surface area is 178 Å². The fraction of sp³-hybridized carbons (Fsp3) is 0.120. The predicted octanol–water partition coefficient (Wildman–Crippen LogP) is 5.94. The van der Waals surface area contributed by atoms with Crippen LogP contribution in [0.3, 0.4) is 0 Å². The van der Waals surface area contributed by atoms with Crippen molar-refractivity contribution < 1.29 is 9.13 Å². The average molecular weight is 410 g/mol. The Balaban J connectivity index is 1.42. The number of imidazole rings is 2. The lowest BCUT2D eigenvalue weighted by Crippen LogP contribution is -2.05. The number of aromatic amines is 2. The van der Waals surface area contributed by atoms with Crippen LogP contribution in [0.25, 0.3) is 44.4 Å². The van der Waals surface area contributed by atoms with E-state index < -0.39 is 0 Å². The Morgan fingerprint density at radius 1 is 0.903 bits per heavy atom. The van der Waals surface area contributed by atoms with Gasteiger partial charge in [-0.05, 0) is 54.6 Å². The van der Waals surface area contributed by atoms with Gasteiger partial charge in [-0.1, -0.05) is 24.3 Å². The Morgan fingerprint density at radius 2 is 1.71 bits per heavy atom. The molecule has 6 rings (SSSR count). The molecule has 0 saturated carbocycles. The number of halogens is 1. The van der Waals surface area contributed by atoms with Gasteiger partial charge < -0.3 is 14.7 Å². The monoisotopic (exact) mass is 410 g/mol. The molecule has 0 unspecified atom stereocenters. The molecule has 6 heteroatoms. The van der Waals surface area contributed by atoms with Crippen LogP contribution in [0.1, 0.15) is 17.3 Å². The van der Waals surface area contributed by atoms with Gasteiger partial charge in [0.15, 0.2) is 0 Å². The largest absolute Gasteiger partial charge is 0.486 e. The zero-order chi connectivity index (χ0) is 21.1. The first-order valence-electron chi connectivity index (χ1n) is 10.1. The number of rotatable bonds is 2. The van der Waals surface area contributed by atoms with Gasteiger partial charge in [-0.3, -0.25) is 0 Å². The maximum absolute atomic E-state index is 14.8. The van der Waals surface area contributed by atoms with Crippen molar-refractivity contribution in [1.29, 1.82) is 0 Å². The number of benzene rings is 3. The molecule has 1 aliphatic rings. The van der Waals surface area contributed by atoms with Gasteiger partial charge in [0.1, 0.15) is 29.8 Å². The van der Waals surface area contributed by atoms with Crippen molar-refractivity contribution in [2.45, 2.75) is 20.5 Å². The number of hydrogen-bond donors (Lipinski definition) is 2. The van der Waals surface area contributed by atoms with Crippen molar-refractivity contribution >= 4 is 10.8 Å². The quantitative estimate of drug-likeness (QED) is 0.379. The van der Waals surface area contributed by atoms with E-state index in [0.717, 1.165) is 56.2 Å². The molecule has 3 aromatic carbocycles. The van der Waals surface area contributed by atoms with Gasteiger partial charge in [0.05, 0.1) is 23.3 Å². The summed E-state index contributed by atoms with van der Waals surface area (Å²) in [5.41, 5.74) is 5.92. The highest BCUT2D eigenvalue weighted by molar-refractivity contribution is 5.97. The summed E-state index contributed by atoms with van der Waals surface area (Å²) < 4.78 is 20.9. The highest BCUT2D eigenvalue weighted by Gasteiger charge is 2.22. The standard InChI is InChI=1S/C25H19FN4O/c1-13-27-11-22(28-13)19-7-4-16(10-21(19)26)15-3-6-18-17(9-15)5-8-20-24-23(12-31-25(18)20)29-14(2)30-24/h3-11H,12H2,1-2H3,(H,27,28)(H,29,30). The smallest absolute Gasteiger partial charge is 0.137 e. The van der Waals surface area contributed by atoms with Crippen LogP contribution in [0.4, 0.5) is 4.39 Å². The molecule has 5 aromatic rings. The van der Waals surface area contributed by atoms with Crippen molar-refractivity contribution in [2.75, 3.05) is 0 Å². The van der Waals surface area contributed by atoms with E-state index in [9.17, 15) is 4.39 Å². The number of fused-ring (bicyclic) bond motifs is 5. The molecule has 0 aliphatic carbocycles. The van der Waals surface area contributed by atoms with Gasteiger partial charge in [-0.15, -0.1) is 0 Å². The second-order valence-corrected chi connectivity index (χ2v) is 7.89. The lowest BCUT2D eigenvalue weighted by atomic mass is 9.96. The number of aryl methyl sites for hydroxylation is 2. The number of nitrogens with one attached hydrogen (secondary N) is 2. The van der Waals surface area contributed by atoms with Gasteiger partial charge in [0, 0.05) is 16.5 Å². The highest BCUT2D eigenvalue weighted by atomic mass is 19.1. The van der Waals surface area contributed by atoms with Crippen LogP contribution in [0.2, 0.25) is 0 Å². The average Bonchev–Trinajstić information content (AvgIpc) is 3.37. The number of H-pyrrole nitrogens is 2. The molecule has 3 heterocycles. The van der Waals surface area contributed by atoms with Crippen molar-refractivity contribution in [3.8, 4) is 39.4 Å². The third-order valence-corrected chi connectivity index (χ3v) is 5.78. The SMILES string of the molecule is Cc1ncc(-c2ccc(-c3ccc4c5c(ccc4c3)-c3nc(C)[nH]c3CO5)cc2F)[nH]1. The van der Waals surface area contributed by atoms with E-state index in [1.54, 1.807) is 18.3 Å². The van der Waals surface area contributed by atoms with E-state index in [2.05, 4.69) is 32.1 Å². The van der Waals surface area contributed by atoms with Crippen LogP contribution in [-0.4, -0.2) is 19.9 Å². The lowest BCUT2D eigenvalue weighted by molar-refractivity contribution is 0.301. The van der Waals surface area contributed by atoms with Crippen LogP contribution in [-0.2, 0) is 6.61 Å². The summed E-state index contributed by atoms with van der Waals surface area (Å²) in [5.74, 6) is 2.21. The summed E-state index contributed by atoms with van der Waals surface area (Å²) in [6, 6.07) is 15.5. The van der Waals surface area contributed by atoms with Crippen molar-refractivity contribution in [3.63, 3.8) is 0 Å². The molecular weight excluding hydrogens is 391 g/mol. The van der Waals surface area contributed by atoms with Gasteiger partial charge in [0.25, 0.3) is 0 Å². The van der Waals surface area contributed by atoms with Gasteiger partial charge in [-0.2, -0.15) is 0 Å². The van der Waals surface area contributed by atoms with Crippen LogP contribution in [0.5, 0.6) is 5.75 Å². The minimum Gasteiger partial charge on any atom is -0.486 e. The molecule has 1 aliphatic heterocycles. The molecule has 0 radical (unpaired) electrons. The second kappa shape index (κ2) is 6.54. The summed E-state index contributed by atoms with van der Waals surface area (Å²) in [6.45, 7) is 4.27. The third kappa shape index (κ3) is 2.83. The number of nitrogens with zero attached hydrogens (tertiary/aromatic N) is 2. The van der Waals surface area contributed by atoms with E-state index in [-0.39, 0.29) is 5.82 Å². The Hall–Kier alpha value is -3.93. The van der Waals surface area contributed by atoms with Crippen LogP contribution < -0.4 is 4.74 Å². The normalized spacial score (nSPS) is 12.5. The topological polar surface area (TPSA) is 66.6 Å². The van der Waals surface area contributed by atoms with Gasteiger partial charge >= 0.3 is 0 Å². The number of aromatic nitrogens is 4. The van der Waals surface area contributed by atoms with Crippen LogP contribution in [0, 0.1) is 19.7 Å². The highest BCUT2D eigenvalue weighted by Crippen LogP contribution is 2.42. The summed E-state index contributed by atoms with van der Waals surface area (Å²) in [7, 11) is 0. The van der Waals surface area contributed by atoms with E-state index in [1.807, 2.05) is 38.1 Å². The van der Waals surface area contributed by atoms with Crippen molar-refractivity contribution in [1.82, 2.24) is 19.9 Å². The zero-order valence-electron chi connectivity index (χ0n) is 17.1. The Morgan fingerprint density at radius 3 is 2.52 bits per heavy atom. The molecule has 31 heavy (non-hydrogen) atoms. The molecule has 2 aromatic heterocycles. The molecule has 5 nitrogen and oxygen atoms in total. The summed E-state index contributed by atoms with van der Waals surface area (Å²) in [4.78, 5) is 15.1. The fourth-order valence-corrected chi connectivity index (χ4v) is 4.31. The molecule has 0 spiro atoms. The second-order valence-electron chi connectivity index (χ2n) is 7.89. The van der Waals surface area contributed by atoms with Crippen LogP contribution in [0.15, 0.2) is 54.7 Å². The Bertz CT molecular complexity index is 1480. The molecule has 0 saturated heterocycles. The fourth-order valence-electron chi connectivity index (χ4n) is 4.31. The van der Waals surface area contributed by atoms with E-state index in [1.165, 1.54) is 0 Å². The first-order valence-corrected chi connectivity index (χ1v) is 10.1. The molecule has 0 fully saturated rings. The first kappa shape index (κ1) is 17.9. The van der Waals surface area contributed by atoms with Crippen LogP contribution >= 0.6 is 0 Å². The maximum atomic E-state index is 14.8. The van der Waals surface area contributed by atoms with Gasteiger partial charge in [0.2, 0.25) is 0 Å². The minimum absolute atomic E-state index is 0.281. The van der Waals surface area contributed by atoms with Crippen molar-refractivity contribution in [2.24, 2.45) is 0 Å². The lowest BCUT2D eigenvalue weighted by Gasteiger charge is -2.19. The number of ether oxygens (including phenoxy) is 1. The summed E-state index contributed by atoms with van der Waals surface area (Å²) >= 11 is 0. The third-order valence-electron chi connectivity index (χ3n) is 5.78. The van der Waals surface area contributed by atoms with E-state index in [4.69, 9.17) is 4.74 Å². The molecule has 0 atom stereocenters. The zero-order valence-corrected chi connectivity index (χ0v) is 17.1. The van der Waals surface area contributed by atoms with Gasteiger partial charge in [-0.25, -0.2) is 14.4 Å². The van der Waals surface area contributed by atoms with E-state index >= 15 is 0 Å².